The quantitative estimate of drug-likeness (QED) is 0.601. The monoisotopic (exact) mass is 210 g/mol. The van der Waals surface area contributed by atoms with Crippen LogP contribution in [0.1, 0.15) is 24.4 Å². The zero-order chi connectivity index (χ0) is 10.8. The molecule has 15 heavy (non-hydrogen) atoms. The third-order valence-corrected chi connectivity index (χ3v) is 2.63. The van der Waals surface area contributed by atoms with Crippen LogP contribution >= 0.6 is 0 Å². The summed E-state index contributed by atoms with van der Waals surface area (Å²) in [6.45, 7) is 0.876. The Kier molecular flexibility index (Phi) is 2.64. The van der Waals surface area contributed by atoms with Gasteiger partial charge in [0.2, 0.25) is 0 Å². The second-order valence-corrected chi connectivity index (χ2v) is 3.61. The van der Waals surface area contributed by atoms with Gasteiger partial charge in [0.1, 0.15) is 5.82 Å². The first-order valence-electron chi connectivity index (χ1n) is 4.85. The molecule has 1 heterocycles. The normalized spacial score (nSPS) is 20.5. The van der Waals surface area contributed by atoms with E-state index in [1.54, 1.807) is 0 Å². The highest BCUT2D eigenvalue weighted by Crippen LogP contribution is 2.27. The van der Waals surface area contributed by atoms with Crippen LogP contribution in [0.4, 0.5) is 10.1 Å². The first-order chi connectivity index (χ1) is 7.18. The fourth-order valence-corrected chi connectivity index (χ4v) is 1.86. The average molecular weight is 210 g/mol. The zero-order valence-corrected chi connectivity index (χ0v) is 8.07. The van der Waals surface area contributed by atoms with Crippen molar-refractivity contribution in [2.24, 2.45) is 0 Å². The van der Waals surface area contributed by atoms with Gasteiger partial charge >= 0.3 is 0 Å². The van der Waals surface area contributed by atoms with Crippen LogP contribution in [0.3, 0.4) is 0 Å². The van der Waals surface area contributed by atoms with E-state index in [0.717, 1.165) is 25.5 Å². The highest BCUT2D eigenvalue weighted by Gasteiger charge is 2.21. The summed E-state index contributed by atoms with van der Waals surface area (Å²) in [7, 11) is 0. The molecule has 4 nitrogen and oxygen atoms in total. The lowest BCUT2D eigenvalue weighted by molar-refractivity contribution is -0.385. The Balaban J connectivity index is 2.29. The van der Waals surface area contributed by atoms with Gasteiger partial charge in [-0.05, 0) is 25.5 Å². The van der Waals surface area contributed by atoms with Gasteiger partial charge in [0.15, 0.2) is 0 Å². The van der Waals surface area contributed by atoms with Crippen molar-refractivity contribution >= 4 is 5.69 Å². The number of halogens is 1. The molecule has 0 aromatic heterocycles. The van der Waals surface area contributed by atoms with Crippen molar-refractivity contribution in [2.75, 3.05) is 6.54 Å². The van der Waals surface area contributed by atoms with Gasteiger partial charge in [0, 0.05) is 17.7 Å². The van der Waals surface area contributed by atoms with E-state index in [9.17, 15) is 14.5 Å². The predicted octanol–water partition coefficient (Wildman–Crippen LogP) is 2.16. The molecule has 0 radical (unpaired) electrons. The van der Waals surface area contributed by atoms with Crippen LogP contribution in [-0.2, 0) is 0 Å². The average Bonchev–Trinajstić information content (AvgIpc) is 2.70. The largest absolute Gasteiger partial charge is 0.310 e. The lowest BCUT2D eigenvalue weighted by Crippen LogP contribution is -2.14. The molecule has 0 amide bonds. The van der Waals surface area contributed by atoms with Crippen molar-refractivity contribution in [2.45, 2.75) is 18.9 Å². The minimum Gasteiger partial charge on any atom is -0.310 e. The third-order valence-electron chi connectivity index (χ3n) is 2.63. The van der Waals surface area contributed by atoms with Crippen LogP contribution in [0.15, 0.2) is 18.2 Å². The number of hydrogen-bond acceptors (Lipinski definition) is 3. The molecule has 1 aliphatic heterocycles. The van der Waals surface area contributed by atoms with Crippen molar-refractivity contribution in [1.82, 2.24) is 5.32 Å². The van der Waals surface area contributed by atoms with E-state index >= 15 is 0 Å². The summed E-state index contributed by atoms with van der Waals surface area (Å²) in [6.07, 6.45) is 1.90. The Morgan fingerprint density at radius 3 is 2.87 bits per heavy atom. The van der Waals surface area contributed by atoms with Crippen molar-refractivity contribution in [3.8, 4) is 0 Å². The maximum absolute atomic E-state index is 13.5. The van der Waals surface area contributed by atoms with Crippen molar-refractivity contribution in [1.29, 1.82) is 0 Å². The summed E-state index contributed by atoms with van der Waals surface area (Å²) >= 11 is 0. The maximum atomic E-state index is 13.5. The van der Waals surface area contributed by atoms with Crippen LogP contribution in [-0.4, -0.2) is 11.5 Å². The maximum Gasteiger partial charge on any atom is 0.272 e. The molecule has 1 aliphatic rings. The molecule has 5 heteroatoms. The molecule has 1 aromatic carbocycles. The van der Waals surface area contributed by atoms with Crippen LogP contribution in [0, 0.1) is 15.9 Å². The summed E-state index contributed by atoms with van der Waals surface area (Å²) in [5.41, 5.74) is 0.326. The van der Waals surface area contributed by atoms with E-state index in [1.807, 2.05) is 0 Å². The second kappa shape index (κ2) is 3.94. The Morgan fingerprint density at radius 1 is 1.53 bits per heavy atom. The zero-order valence-electron chi connectivity index (χ0n) is 8.07. The number of hydrogen-bond donors (Lipinski definition) is 1. The number of benzene rings is 1. The summed E-state index contributed by atoms with van der Waals surface area (Å²) in [5.74, 6) is -0.497. The van der Waals surface area contributed by atoms with Crippen molar-refractivity contribution in [3.63, 3.8) is 0 Å². The van der Waals surface area contributed by atoms with Crippen LogP contribution in [0.2, 0.25) is 0 Å². The molecule has 1 N–H and O–H groups in total. The number of rotatable bonds is 2. The molecule has 1 saturated heterocycles. The Labute approximate surface area is 86.3 Å². The summed E-state index contributed by atoms with van der Waals surface area (Å²) in [6, 6.07) is 3.83. The number of non-ortho nitro benzene ring substituents is 1. The van der Waals surface area contributed by atoms with E-state index in [0.29, 0.717) is 5.56 Å². The van der Waals surface area contributed by atoms with Gasteiger partial charge in [0.25, 0.3) is 5.69 Å². The first-order valence-corrected chi connectivity index (χ1v) is 4.85. The SMILES string of the molecule is O=[N+]([O-])c1ccc([C@H]2CCCN2)c(F)c1. The number of nitro benzene ring substituents is 1. The molecule has 0 saturated carbocycles. The van der Waals surface area contributed by atoms with E-state index < -0.39 is 10.7 Å². The first kappa shape index (κ1) is 10.0. The summed E-state index contributed by atoms with van der Waals surface area (Å²) in [5, 5.41) is 13.6. The smallest absolute Gasteiger partial charge is 0.272 e. The van der Waals surface area contributed by atoms with Gasteiger partial charge in [-0.25, -0.2) is 4.39 Å². The number of nitrogens with one attached hydrogen (secondary N) is 1. The highest BCUT2D eigenvalue weighted by molar-refractivity contribution is 5.35. The van der Waals surface area contributed by atoms with Gasteiger partial charge in [-0.15, -0.1) is 0 Å². The van der Waals surface area contributed by atoms with E-state index in [2.05, 4.69) is 5.32 Å². The fraction of sp³-hybridized carbons (Fsp3) is 0.400. The van der Waals surface area contributed by atoms with E-state index in [-0.39, 0.29) is 11.7 Å². The Morgan fingerprint density at radius 2 is 2.33 bits per heavy atom. The second-order valence-electron chi connectivity index (χ2n) is 3.61. The summed E-state index contributed by atoms with van der Waals surface area (Å²) < 4.78 is 13.5. The fourth-order valence-electron chi connectivity index (χ4n) is 1.86. The van der Waals surface area contributed by atoms with E-state index in [4.69, 9.17) is 0 Å². The third kappa shape index (κ3) is 1.97. The van der Waals surface area contributed by atoms with Crippen molar-refractivity contribution in [3.05, 3.63) is 39.7 Å². The predicted molar refractivity (Wildman–Crippen MR) is 53.0 cm³/mol. The lowest BCUT2D eigenvalue weighted by atomic mass is 10.0. The molecular formula is C10H11FN2O2. The summed E-state index contributed by atoms with van der Waals surface area (Å²) in [4.78, 5) is 9.82. The number of nitrogens with zero attached hydrogens (tertiary/aromatic N) is 1. The standard InChI is InChI=1S/C10H11FN2O2/c11-9-6-7(13(14)15)3-4-8(9)10-2-1-5-12-10/h3-4,6,10,12H,1-2,5H2/t10-/m1/s1. The molecule has 1 atom stereocenters. The minimum absolute atomic E-state index is 0.00537. The topological polar surface area (TPSA) is 55.2 Å². The molecule has 1 aromatic rings. The van der Waals surface area contributed by atoms with Crippen LogP contribution < -0.4 is 5.32 Å². The van der Waals surface area contributed by atoms with Crippen LogP contribution in [0.25, 0.3) is 0 Å². The Bertz CT molecular complexity index is 389. The van der Waals surface area contributed by atoms with Gasteiger partial charge in [-0.1, -0.05) is 0 Å². The molecule has 80 valence electrons. The van der Waals surface area contributed by atoms with Gasteiger partial charge in [-0.3, -0.25) is 10.1 Å². The van der Waals surface area contributed by atoms with Gasteiger partial charge in [0.05, 0.1) is 11.0 Å². The molecule has 1 fully saturated rings. The molecule has 0 spiro atoms. The molecule has 0 aliphatic carbocycles. The van der Waals surface area contributed by atoms with Gasteiger partial charge < -0.3 is 5.32 Å². The molecule has 0 bridgehead atoms. The van der Waals surface area contributed by atoms with Gasteiger partial charge in [-0.2, -0.15) is 0 Å². The Hall–Kier alpha value is -1.49. The lowest BCUT2D eigenvalue weighted by Gasteiger charge is -2.10. The molecule has 2 rings (SSSR count). The highest BCUT2D eigenvalue weighted by atomic mass is 19.1. The number of nitro groups is 1. The molecule has 0 unspecified atom stereocenters. The van der Waals surface area contributed by atoms with Crippen LogP contribution in [0.5, 0.6) is 0 Å². The van der Waals surface area contributed by atoms with Crippen molar-refractivity contribution < 1.29 is 9.31 Å². The molecular weight excluding hydrogens is 199 g/mol. The minimum atomic E-state index is -0.588. The van der Waals surface area contributed by atoms with E-state index in [1.165, 1.54) is 12.1 Å².